The molecule has 3 aromatic carbocycles. The zero-order chi connectivity index (χ0) is 31.2. The molecule has 0 amide bonds. The Kier molecular flexibility index (Phi) is 9.42. The van der Waals surface area contributed by atoms with E-state index in [4.69, 9.17) is 18.9 Å². The molecular formula is C30H24F6N2O5. The summed E-state index contributed by atoms with van der Waals surface area (Å²) in [4.78, 5) is 21.5. The summed E-state index contributed by atoms with van der Waals surface area (Å²) in [5, 5.41) is 0. The lowest BCUT2D eigenvalue weighted by Gasteiger charge is -2.15. The fraction of sp³-hybridized carbons (Fsp3) is 0.233. The smallest absolute Gasteiger partial charge is 0.416 e. The molecule has 7 nitrogen and oxygen atoms in total. The summed E-state index contributed by atoms with van der Waals surface area (Å²) in [6.07, 6.45) is -9.13. The lowest BCUT2D eigenvalue weighted by molar-refractivity contribution is -0.138. The van der Waals surface area contributed by atoms with Gasteiger partial charge in [-0.3, -0.25) is 0 Å². The molecule has 0 aliphatic carbocycles. The fourth-order valence-electron chi connectivity index (χ4n) is 3.81. The maximum absolute atomic E-state index is 13.1. The SMILES string of the molecule is COc1ccc(OCc2nc(OCc3cccc(C(F)(F)F)c3)c(C)c(C(=O)OCc3cccc(C(F)(F)F)c3)n2)cc1. The Balaban J connectivity index is 1.57. The van der Waals surface area contributed by atoms with Gasteiger partial charge in [0, 0.05) is 5.56 Å². The van der Waals surface area contributed by atoms with Gasteiger partial charge in [0.25, 0.3) is 0 Å². The minimum atomic E-state index is -4.58. The number of hydrogen-bond acceptors (Lipinski definition) is 7. The second-order valence-electron chi connectivity index (χ2n) is 9.14. The molecule has 1 heterocycles. The zero-order valence-electron chi connectivity index (χ0n) is 22.8. The molecule has 4 aromatic rings. The van der Waals surface area contributed by atoms with Crippen molar-refractivity contribution in [1.29, 1.82) is 0 Å². The van der Waals surface area contributed by atoms with E-state index in [0.29, 0.717) is 11.5 Å². The lowest BCUT2D eigenvalue weighted by atomic mass is 10.1. The number of halogens is 6. The van der Waals surface area contributed by atoms with Gasteiger partial charge in [0.1, 0.15) is 31.3 Å². The van der Waals surface area contributed by atoms with E-state index < -0.39 is 36.1 Å². The van der Waals surface area contributed by atoms with E-state index in [1.807, 2.05) is 0 Å². The van der Waals surface area contributed by atoms with Crippen LogP contribution in [0.2, 0.25) is 0 Å². The highest BCUT2D eigenvalue weighted by Gasteiger charge is 2.31. The van der Waals surface area contributed by atoms with Crippen LogP contribution in [-0.4, -0.2) is 23.0 Å². The summed E-state index contributed by atoms with van der Waals surface area (Å²) in [5.74, 6) is -0.106. The second kappa shape index (κ2) is 13.0. The third-order valence-corrected chi connectivity index (χ3v) is 6.02. The molecule has 1 aromatic heterocycles. The first kappa shape index (κ1) is 31.1. The highest BCUT2D eigenvalue weighted by Crippen LogP contribution is 2.31. The number of benzene rings is 3. The van der Waals surface area contributed by atoms with E-state index in [-0.39, 0.29) is 47.3 Å². The average molecular weight is 607 g/mol. The number of nitrogens with zero attached hydrogens (tertiary/aromatic N) is 2. The van der Waals surface area contributed by atoms with Crippen LogP contribution in [0.15, 0.2) is 72.8 Å². The van der Waals surface area contributed by atoms with Gasteiger partial charge >= 0.3 is 18.3 Å². The van der Waals surface area contributed by atoms with E-state index in [2.05, 4.69) is 9.97 Å². The maximum Gasteiger partial charge on any atom is 0.416 e. The molecule has 0 saturated carbocycles. The first-order valence-corrected chi connectivity index (χ1v) is 12.6. The van der Waals surface area contributed by atoms with Crippen molar-refractivity contribution in [3.63, 3.8) is 0 Å². The van der Waals surface area contributed by atoms with Crippen LogP contribution < -0.4 is 14.2 Å². The number of carbonyl (C=O) groups is 1. The molecule has 0 aliphatic rings. The summed E-state index contributed by atoms with van der Waals surface area (Å²) >= 11 is 0. The van der Waals surface area contributed by atoms with Gasteiger partial charge in [0.15, 0.2) is 11.5 Å². The number of esters is 1. The molecule has 0 saturated heterocycles. The van der Waals surface area contributed by atoms with Crippen molar-refractivity contribution in [3.05, 3.63) is 112 Å². The number of methoxy groups -OCH3 is 1. The largest absolute Gasteiger partial charge is 0.497 e. The summed E-state index contributed by atoms with van der Waals surface area (Å²) in [7, 11) is 1.50. The molecule has 0 radical (unpaired) electrons. The normalized spacial score (nSPS) is 11.6. The highest BCUT2D eigenvalue weighted by atomic mass is 19.4. The van der Waals surface area contributed by atoms with Gasteiger partial charge < -0.3 is 18.9 Å². The fourth-order valence-corrected chi connectivity index (χ4v) is 3.81. The molecule has 0 N–H and O–H groups in total. The van der Waals surface area contributed by atoms with Crippen molar-refractivity contribution in [2.24, 2.45) is 0 Å². The first-order chi connectivity index (χ1) is 20.3. The summed E-state index contributed by atoms with van der Waals surface area (Å²) in [6, 6.07) is 15.4. The third-order valence-electron chi connectivity index (χ3n) is 6.02. The number of rotatable bonds is 10. The summed E-state index contributed by atoms with van der Waals surface area (Å²) in [6.45, 7) is 0.403. The quantitative estimate of drug-likeness (QED) is 0.138. The Morgan fingerprint density at radius 3 is 1.84 bits per heavy atom. The van der Waals surface area contributed by atoms with Crippen molar-refractivity contribution < 1.29 is 50.1 Å². The van der Waals surface area contributed by atoms with Crippen LogP contribution in [0.25, 0.3) is 0 Å². The Hall–Kier alpha value is -4.81. The van der Waals surface area contributed by atoms with Crippen LogP contribution in [0.4, 0.5) is 26.3 Å². The molecular weight excluding hydrogens is 582 g/mol. The van der Waals surface area contributed by atoms with Crippen molar-refractivity contribution in [2.75, 3.05) is 7.11 Å². The van der Waals surface area contributed by atoms with Gasteiger partial charge in [-0.1, -0.05) is 24.3 Å². The molecule has 226 valence electrons. The molecule has 0 aliphatic heterocycles. The number of ether oxygens (including phenoxy) is 4. The van der Waals surface area contributed by atoms with Crippen LogP contribution in [0.3, 0.4) is 0 Å². The van der Waals surface area contributed by atoms with Gasteiger partial charge in [0.05, 0.1) is 18.2 Å². The van der Waals surface area contributed by atoms with Crippen molar-refractivity contribution in [2.45, 2.75) is 39.1 Å². The van der Waals surface area contributed by atoms with Gasteiger partial charge in [-0.25, -0.2) is 9.78 Å². The molecule has 4 rings (SSSR count). The molecule has 0 atom stereocenters. The molecule has 43 heavy (non-hydrogen) atoms. The molecule has 13 heteroatoms. The van der Waals surface area contributed by atoms with Gasteiger partial charge in [-0.15, -0.1) is 0 Å². The highest BCUT2D eigenvalue weighted by molar-refractivity contribution is 5.89. The number of aromatic nitrogens is 2. The minimum Gasteiger partial charge on any atom is -0.497 e. The van der Waals surface area contributed by atoms with E-state index in [1.54, 1.807) is 24.3 Å². The Bertz CT molecular complexity index is 1570. The van der Waals surface area contributed by atoms with E-state index in [0.717, 1.165) is 24.3 Å². The zero-order valence-corrected chi connectivity index (χ0v) is 22.8. The second-order valence-corrected chi connectivity index (χ2v) is 9.14. The van der Waals surface area contributed by atoms with Crippen LogP contribution >= 0.6 is 0 Å². The number of hydrogen-bond donors (Lipinski definition) is 0. The maximum atomic E-state index is 13.1. The average Bonchev–Trinajstić information content (AvgIpc) is 2.98. The predicted molar refractivity (Wildman–Crippen MR) is 140 cm³/mol. The van der Waals surface area contributed by atoms with Gasteiger partial charge in [0.2, 0.25) is 5.88 Å². The summed E-state index contributed by atoms with van der Waals surface area (Å²) < 4.78 is 100. The van der Waals surface area contributed by atoms with E-state index in [1.165, 1.54) is 38.3 Å². The lowest BCUT2D eigenvalue weighted by Crippen LogP contribution is -2.16. The van der Waals surface area contributed by atoms with Crippen molar-refractivity contribution in [3.8, 4) is 17.4 Å². The molecule has 0 unspecified atom stereocenters. The molecule has 0 bridgehead atoms. The Morgan fingerprint density at radius 2 is 1.28 bits per heavy atom. The minimum absolute atomic E-state index is 0.0218. The van der Waals surface area contributed by atoms with Gasteiger partial charge in [-0.05, 0) is 66.6 Å². The predicted octanol–water partition coefficient (Wildman–Crippen LogP) is 7.35. The van der Waals surface area contributed by atoms with E-state index in [9.17, 15) is 31.1 Å². The monoisotopic (exact) mass is 606 g/mol. The standard InChI is InChI=1S/C30H24F6N2O5/c1-18-26(28(39)43-16-20-6-4-8-22(14-20)30(34,35)36)37-25(17-41-24-11-9-23(40-2)10-12-24)38-27(18)42-15-19-5-3-7-21(13-19)29(31,32)33/h3-14H,15-17H2,1-2H3. The summed E-state index contributed by atoms with van der Waals surface area (Å²) in [5.41, 5.74) is -1.62. The van der Waals surface area contributed by atoms with Crippen molar-refractivity contribution >= 4 is 5.97 Å². The van der Waals surface area contributed by atoms with Crippen molar-refractivity contribution in [1.82, 2.24) is 9.97 Å². The third kappa shape index (κ3) is 8.37. The van der Waals surface area contributed by atoms with Gasteiger partial charge in [-0.2, -0.15) is 31.3 Å². The Morgan fingerprint density at radius 1 is 0.721 bits per heavy atom. The topological polar surface area (TPSA) is 79.8 Å². The number of alkyl halides is 6. The molecule has 0 fully saturated rings. The van der Waals surface area contributed by atoms with Crippen LogP contribution in [0.5, 0.6) is 17.4 Å². The van der Waals surface area contributed by atoms with Crippen LogP contribution in [-0.2, 0) is 36.9 Å². The number of carbonyl (C=O) groups excluding carboxylic acids is 1. The molecule has 0 spiro atoms. The van der Waals surface area contributed by atoms with Crippen LogP contribution in [0.1, 0.15) is 44.1 Å². The van der Waals surface area contributed by atoms with Crippen LogP contribution in [0, 0.1) is 6.92 Å². The first-order valence-electron chi connectivity index (χ1n) is 12.6. The Labute approximate surface area is 242 Å². The van der Waals surface area contributed by atoms with E-state index >= 15 is 0 Å².